The maximum Gasteiger partial charge on any atom is 0.321 e. The van der Waals surface area contributed by atoms with Crippen LogP contribution in [0.15, 0.2) is 0 Å². The van der Waals surface area contributed by atoms with Crippen LogP contribution >= 0.6 is 0 Å². The van der Waals surface area contributed by atoms with E-state index in [0.717, 1.165) is 6.42 Å². The van der Waals surface area contributed by atoms with Crippen LogP contribution in [0.2, 0.25) is 0 Å². The highest BCUT2D eigenvalue weighted by molar-refractivity contribution is 6.00. The number of hydrogen-bond donors (Lipinski definition) is 6. The zero-order chi connectivity index (χ0) is 27.3. The van der Waals surface area contributed by atoms with Crippen LogP contribution in [0.1, 0.15) is 46.5 Å². The highest BCUT2D eigenvalue weighted by Gasteiger charge is 2.34. The molecule has 0 bridgehead atoms. The number of likely N-dealkylation sites (tertiary alicyclic amines) is 1. The Bertz CT molecular complexity index is 806. The minimum Gasteiger partial charge on any atom is -0.393 e. The largest absolute Gasteiger partial charge is 0.393 e. The van der Waals surface area contributed by atoms with Crippen molar-refractivity contribution in [3.63, 3.8) is 0 Å². The fraction of sp³-hybridized carbons (Fsp3) is 0.727. The smallest absolute Gasteiger partial charge is 0.321 e. The number of nitrogens with one attached hydrogen (secondary N) is 4. The van der Waals surface area contributed by atoms with Crippen LogP contribution in [0.5, 0.6) is 0 Å². The van der Waals surface area contributed by atoms with Crippen LogP contribution in [0.25, 0.3) is 0 Å². The van der Waals surface area contributed by atoms with Gasteiger partial charge in [0, 0.05) is 19.1 Å². The summed E-state index contributed by atoms with van der Waals surface area (Å²) in [5.41, 5.74) is 4.94. The van der Waals surface area contributed by atoms with Crippen LogP contribution in [-0.2, 0) is 24.0 Å². The molecule has 1 saturated heterocycles. The Morgan fingerprint density at radius 2 is 1.78 bits per heavy atom. The van der Waals surface area contributed by atoms with E-state index in [1.165, 1.54) is 11.8 Å². The van der Waals surface area contributed by atoms with Gasteiger partial charge in [0.15, 0.2) is 0 Å². The quantitative estimate of drug-likeness (QED) is 0.145. The first-order chi connectivity index (χ1) is 16.9. The van der Waals surface area contributed by atoms with E-state index < -0.39 is 42.4 Å². The van der Waals surface area contributed by atoms with Gasteiger partial charge in [0.1, 0.15) is 6.04 Å². The van der Waals surface area contributed by atoms with E-state index in [1.54, 1.807) is 6.92 Å². The van der Waals surface area contributed by atoms with Crippen molar-refractivity contribution in [2.45, 2.75) is 64.6 Å². The summed E-state index contributed by atoms with van der Waals surface area (Å²) in [6.45, 7) is 5.88. The molecule has 7 amide bonds. The zero-order valence-electron chi connectivity index (χ0n) is 21.2. The molecule has 0 spiro atoms. The van der Waals surface area contributed by atoms with E-state index in [0.29, 0.717) is 32.5 Å². The lowest BCUT2D eigenvalue weighted by molar-refractivity contribution is -0.138. The lowest BCUT2D eigenvalue weighted by Gasteiger charge is -2.26. The first-order valence-electron chi connectivity index (χ1n) is 12.1. The fourth-order valence-corrected chi connectivity index (χ4v) is 3.87. The Morgan fingerprint density at radius 1 is 1.08 bits per heavy atom. The van der Waals surface area contributed by atoms with E-state index in [2.05, 4.69) is 21.3 Å². The number of urea groups is 1. The maximum atomic E-state index is 12.7. The molecule has 1 rings (SSSR count). The molecule has 1 heterocycles. The molecule has 14 nitrogen and oxygen atoms in total. The summed E-state index contributed by atoms with van der Waals surface area (Å²) in [4.78, 5) is 74.9. The molecule has 1 fully saturated rings. The molecule has 204 valence electrons. The third-order valence-corrected chi connectivity index (χ3v) is 5.30. The van der Waals surface area contributed by atoms with E-state index in [-0.39, 0.29) is 37.4 Å². The Kier molecular flexibility index (Phi) is 13.4. The van der Waals surface area contributed by atoms with Gasteiger partial charge in [-0.2, -0.15) is 0 Å². The van der Waals surface area contributed by atoms with Crippen molar-refractivity contribution in [3.8, 4) is 0 Å². The summed E-state index contributed by atoms with van der Waals surface area (Å²) < 4.78 is 0. The maximum absolute atomic E-state index is 12.7. The Hall–Kier alpha value is -3.26. The summed E-state index contributed by atoms with van der Waals surface area (Å²) in [5.74, 6) is -2.57. The molecule has 36 heavy (non-hydrogen) atoms. The minimum atomic E-state index is -0.890. The molecule has 0 unspecified atom stereocenters. The normalized spacial score (nSPS) is 16.7. The highest BCUT2D eigenvalue weighted by Crippen LogP contribution is 2.17. The molecule has 7 N–H and O–H groups in total. The van der Waals surface area contributed by atoms with Crippen LogP contribution in [0.3, 0.4) is 0 Å². The molecule has 14 heteroatoms. The van der Waals surface area contributed by atoms with Gasteiger partial charge in [-0.05, 0) is 39.7 Å². The van der Waals surface area contributed by atoms with Crippen molar-refractivity contribution >= 4 is 35.6 Å². The molecular weight excluding hydrogens is 474 g/mol. The standard InChI is InChI=1S/C22H39N7O7/c1-4-7-28(12-14(2)26-18(32)9-15(3)30)13-19(33)24-11-20(34)29-8-5-6-16(29)21(35)27-22(36)25-10-17(23)31/h14-16,30H,4-13H2,1-3H3,(H2,23,31)(H,24,33)(H,26,32)(H2,25,27,35,36)/t14-,15-,16-/m1/s1. The number of amides is 7. The average Bonchev–Trinajstić information content (AvgIpc) is 3.25. The van der Waals surface area contributed by atoms with Crippen LogP contribution in [-0.4, -0.2) is 108 Å². The second-order valence-electron chi connectivity index (χ2n) is 8.92. The van der Waals surface area contributed by atoms with Crippen molar-refractivity contribution in [2.24, 2.45) is 5.73 Å². The summed E-state index contributed by atoms with van der Waals surface area (Å²) in [6.07, 6.45) is 0.945. The Morgan fingerprint density at radius 3 is 2.39 bits per heavy atom. The topological polar surface area (TPSA) is 203 Å². The first kappa shape index (κ1) is 30.8. The molecular formula is C22H39N7O7. The van der Waals surface area contributed by atoms with Crippen LogP contribution < -0.4 is 27.0 Å². The van der Waals surface area contributed by atoms with Gasteiger partial charge in [0.25, 0.3) is 5.91 Å². The van der Waals surface area contributed by atoms with Gasteiger partial charge in [-0.1, -0.05) is 6.92 Å². The number of carbonyl (C=O) groups is 6. The van der Waals surface area contributed by atoms with Crippen molar-refractivity contribution in [3.05, 3.63) is 0 Å². The molecule has 0 aromatic heterocycles. The molecule has 0 radical (unpaired) electrons. The molecule has 0 aliphatic carbocycles. The predicted molar refractivity (Wildman–Crippen MR) is 129 cm³/mol. The Balaban J connectivity index is 2.53. The number of imide groups is 1. The van der Waals surface area contributed by atoms with Crippen molar-refractivity contribution in [2.75, 3.05) is 39.3 Å². The number of carbonyl (C=O) groups excluding carboxylic acids is 6. The van der Waals surface area contributed by atoms with Gasteiger partial charge < -0.3 is 31.7 Å². The van der Waals surface area contributed by atoms with Crippen molar-refractivity contribution in [1.29, 1.82) is 0 Å². The van der Waals surface area contributed by atoms with Crippen LogP contribution in [0.4, 0.5) is 4.79 Å². The SMILES string of the molecule is CCCN(CC(=O)NCC(=O)N1CCC[C@@H]1C(=O)NC(=O)NCC(N)=O)C[C@@H](C)NC(=O)C[C@@H](C)O. The molecule has 1 aliphatic heterocycles. The van der Waals surface area contributed by atoms with Gasteiger partial charge in [-0.15, -0.1) is 0 Å². The Labute approximate surface area is 210 Å². The summed E-state index contributed by atoms with van der Waals surface area (Å²) >= 11 is 0. The van der Waals surface area contributed by atoms with Crippen LogP contribution in [0, 0.1) is 0 Å². The highest BCUT2D eigenvalue weighted by atomic mass is 16.3. The molecule has 0 aromatic rings. The average molecular weight is 514 g/mol. The number of aliphatic hydroxyl groups is 1. The third kappa shape index (κ3) is 11.9. The second-order valence-corrected chi connectivity index (χ2v) is 8.92. The lowest BCUT2D eigenvalue weighted by atomic mass is 10.2. The second kappa shape index (κ2) is 15.7. The van der Waals surface area contributed by atoms with Crippen molar-refractivity contribution < 1.29 is 33.9 Å². The summed E-state index contributed by atoms with van der Waals surface area (Å²) in [6, 6.07) is -2.00. The number of rotatable bonds is 14. The van der Waals surface area contributed by atoms with Gasteiger partial charge in [0.2, 0.25) is 23.6 Å². The summed E-state index contributed by atoms with van der Waals surface area (Å²) in [5, 5.41) is 18.9. The van der Waals surface area contributed by atoms with Crippen molar-refractivity contribution in [1.82, 2.24) is 31.1 Å². The zero-order valence-corrected chi connectivity index (χ0v) is 21.2. The van der Waals surface area contributed by atoms with E-state index >= 15 is 0 Å². The number of aliphatic hydroxyl groups excluding tert-OH is 1. The fourth-order valence-electron chi connectivity index (χ4n) is 3.87. The van der Waals surface area contributed by atoms with Gasteiger partial charge in [0.05, 0.1) is 32.2 Å². The predicted octanol–water partition coefficient (Wildman–Crippen LogP) is -2.61. The number of primary amides is 1. The van der Waals surface area contributed by atoms with E-state index in [9.17, 15) is 33.9 Å². The molecule has 0 saturated carbocycles. The summed E-state index contributed by atoms with van der Waals surface area (Å²) in [7, 11) is 0. The van der Waals surface area contributed by atoms with Gasteiger partial charge >= 0.3 is 6.03 Å². The van der Waals surface area contributed by atoms with Gasteiger partial charge in [-0.3, -0.25) is 34.2 Å². The molecule has 1 aliphatic rings. The first-order valence-corrected chi connectivity index (χ1v) is 12.1. The van der Waals surface area contributed by atoms with E-state index in [4.69, 9.17) is 5.73 Å². The minimum absolute atomic E-state index is 0.00568. The number of nitrogens with two attached hydrogens (primary N) is 1. The van der Waals surface area contributed by atoms with Gasteiger partial charge in [-0.25, -0.2) is 4.79 Å². The molecule has 3 atom stereocenters. The number of hydrogen-bond acceptors (Lipinski definition) is 8. The van der Waals surface area contributed by atoms with E-state index in [1.807, 2.05) is 11.8 Å². The third-order valence-electron chi connectivity index (χ3n) is 5.30. The lowest BCUT2D eigenvalue weighted by Crippen LogP contribution is -2.53. The monoisotopic (exact) mass is 513 g/mol. The number of nitrogens with zero attached hydrogens (tertiary/aromatic N) is 2. The molecule has 0 aromatic carbocycles.